The number of carbonyl (C=O) groups excluding carboxylic acids is 4. The minimum Gasteiger partial charge on any atom is -0.352 e. The molecule has 4 aromatic rings. The van der Waals surface area contributed by atoms with Crippen LogP contribution in [0.25, 0.3) is 33.5 Å². The van der Waals surface area contributed by atoms with Gasteiger partial charge in [0.1, 0.15) is 29.9 Å². The van der Waals surface area contributed by atoms with Gasteiger partial charge in [-0.15, -0.1) is 9.24 Å². The number of nitrogens with one attached hydrogen (secondary N) is 5. The van der Waals surface area contributed by atoms with Crippen LogP contribution in [-0.2, 0) is 32.1 Å². The largest absolute Gasteiger partial charge is 0.352 e. The van der Waals surface area contributed by atoms with E-state index in [9.17, 15) is 28.0 Å². The maximum atomic E-state index is 15.4. The molecule has 2 fully saturated rings. The molecule has 0 aliphatic carbocycles. The van der Waals surface area contributed by atoms with E-state index in [4.69, 9.17) is 4.98 Å². The van der Waals surface area contributed by atoms with Crippen LogP contribution in [0.15, 0.2) is 36.4 Å². The number of aromatic amines is 1. The minimum absolute atomic E-state index is 0.0489. The van der Waals surface area contributed by atoms with E-state index in [1.807, 2.05) is 18.4 Å². The normalized spacial score (nSPS) is 21.6. The van der Waals surface area contributed by atoms with Gasteiger partial charge < -0.3 is 40.6 Å². The van der Waals surface area contributed by atoms with Crippen LogP contribution >= 0.6 is 9.24 Å². The molecule has 13 nitrogen and oxygen atoms in total. The number of aromatic nitrogens is 3. The highest BCUT2D eigenvalue weighted by Gasteiger charge is 2.41. The molecule has 0 saturated carbocycles. The molecule has 6 rings (SSSR count). The number of amides is 4. The van der Waals surface area contributed by atoms with E-state index in [1.165, 1.54) is 29.2 Å². The lowest BCUT2D eigenvalue weighted by molar-refractivity contribution is -0.139. The van der Waals surface area contributed by atoms with Gasteiger partial charge in [-0.3, -0.25) is 19.2 Å². The third kappa shape index (κ3) is 9.29. The van der Waals surface area contributed by atoms with Gasteiger partial charge in [0.2, 0.25) is 23.6 Å². The lowest BCUT2D eigenvalue weighted by Gasteiger charge is -2.32. The first-order valence-electron chi connectivity index (χ1n) is 20.5. The van der Waals surface area contributed by atoms with E-state index in [1.54, 1.807) is 51.9 Å². The van der Waals surface area contributed by atoms with Crippen molar-refractivity contribution >= 4 is 54.8 Å². The summed E-state index contributed by atoms with van der Waals surface area (Å²) in [4.78, 5) is 65.7. The monoisotopic (exact) mass is 839 g/mol. The number of likely N-dealkylation sites (N-methyl/N-ethyl adjacent to an activating group) is 2. The molecule has 5 N–H and O–H groups in total. The Morgan fingerprint density at radius 1 is 0.881 bits per heavy atom. The molecule has 2 aliphatic heterocycles. The van der Waals surface area contributed by atoms with Crippen LogP contribution in [0.1, 0.15) is 59.4 Å². The van der Waals surface area contributed by atoms with Gasteiger partial charge >= 0.3 is 0 Å². The third-order valence-corrected chi connectivity index (χ3v) is 12.4. The van der Waals surface area contributed by atoms with Crippen LogP contribution in [-0.4, -0.2) is 123 Å². The molecule has 9 atom stereocenters. The molecule has 4 heterocycles. The predicted octanol–water partition coefficient (Wildman–Crippen LogP) is 4.04. The van der Waals surface area contributed by atoms with E-state index < -0.39 is 53.9 Å². The minimum atomic E-state index is -1.31. The Morgan fingerprint density at radius 2 is 1.53 bits per heavy atom. The number of fused-ring (bicyclic) bond motifs is 2. The molecule has 2 aliphatic rings. The number of carbonyl (C=O) groups is 4. The van der Waals surface area contributed by atoms with E-state index in [-0.39, 0.29) is 61.3 Å². The quantitative estimate of drug-likeness (QED) is 0.113. The zero-order chi connectivity index (χ0) is 42.9. The SMILES string of the molecule is CCC(NC(=O)C(C)NC)C(=O)N1CC(F)CC1Cc1c(-c2nc3cc(F)ccc3n2CC2CC(P)CN2C(=O)C(NC(=O)C(C)NC)C(C)C)[nH]c2cc(F)ccc12. The Morgan fingerprint density at radius 3 is 2.19 bits per heavy atom. The molecule has 0 radical (unpaired) electrons. The van der Waals surface area contributed by atoms with Crippen LogP contribution in [0, 0.1) is 17.6 Å². The highest BCUT2D eigenvalue weighted by atomic mass is 31.0. The summed E-state index contributed by atoms with van der Waals surface area (Å²) in [5, 5.41) is 12.2. The maximum absolute atomic E-state index is 15.4. The summed E-state index contributed by atoms with van der Waals surface area (Å²) in [6, 6.07) is 5.01. The molecule has 4 amide bonds. The van der Waals surface area contributed by atoms with E-state index in [0.717, 1.165) is 0 Å². The number of H-pyrrole nitrogens is 1. The fraction of sp³-hybridized carbons (Fsp3) is 0.548. The standard InChI is InChI=1S/C42H57F3N9O4P/c1-8-32(50-39(55)22(4)46-6)41(57)52-18-26(45)13-27(52)17-31-30-11-9-24(43)14-33(30)48-37(31)38-49-34-15-25(44)10-12-35(34)54(38)19-28-16-29(59)20-53(28)42(58)36(21(2)3)51-40(56)23(5)47-7/h9-12,14-15,21-23,26-29,32,36,46-48H,8,13,16-20,59H2,1-7H3,(H,50,55)(H,51,56). The first-order chi connectivity index (χ1) is 28.0. The number of halogens is 3. The summed E-state index contributed by atoms with van der Waals surface area (Å²) >= 11 is 0. The number of likely N-dealkylation sites (tertiary alicyclic amines) is 2. The molecule has 59 heavy (non-hydrogen) atoms. The number of hydrogen-bond donors (Lipinski definition) is 5. The van der Waals surface area contributed by atoms with Crippen LogP contribution in [0.2, 0.25) is 0 Å². The fourth-order valence-corrected chi connectivity index (χ4v) is 8.88. The van der Waals surface area contributed by atoms with Gasteiger partial charge in [-0.2, -0.15) is 0 Å². The summed E-state index contributed by atoms with van der Waals surface area (Å²) in [5.41, 5.74) is 2.64. The summed E-state index contributed by atoms with van der Waals surface area (Å²) in [6.07, 6.45) is -0.167. The van der Waals surface area contributed by atoms with Crippen molar-refractivity contribution < 1.29 is 32.3 Å². The van der Waals surface area contributed by atoms with Crippen LogP contribution in [0.4, 0.5) is 13.2 Å². The number of rotatable bonds is 15. The van der Waals surface area contributed by atoms with Gasteiger partial charge in [-0.05, 0) is 94.7 Å². The zero-order valence-electron chi connectivity index (χ0n) is 34.7. The van der Waals surface area contributed by atoms with E-state index in [2.05, 4.69) is 35.5 Å². The number of nitrogens with zero attached hydrogens (tertiary/aromatic N) is 4. The Hall–Kier alpha value is -4.53. The highest BCUT2D eigenvalue weighted by Crippen LogP contribution is 2.37. The van der Waals surface area contributed by atoms with Crippen molar-refractivity contribution in [1.82, 2.24) is 45.6 Å². The maximum Gasteiger partial charge on any atom is 0.245 e. The summed E-state index contributed by atoms with van der Waals surface area (Å²) in [7, 11) is 6.14. The fourth-order valence-electron chi connectivity index (χ4n) is 8.34. The summed E-state index contributed by atoms with van der Waals surface area (Å²) < 4.78 is 46.9. The molecule has 2 saturated heterocycles. The second-order valence-electron chi connectivity index (χ2n) is 16.4. The van der Waals surface area contributed by atoms with Crippen molar-refractivity contribution in [3.63, 3.8) is 0 Å². The number of alkyl halides is 1. The van der Waals surface area contributed by atoms with Crippen molar-refractivity contribution in [1.29, 1.82) is 0 Å². The van der Waals surface area contributed by atoms with Gasteiger partial charge in [0.25, 0.3) is 0 Å². The van der Waals surface area contributed by atoms with Gasteiger partial charge in [0, 0.05) is 42.5 Å². The zero-order valence-corrected chi connectivity index (χ0v) is 35.9. The Balaban J connectivity index is 1.40. The Bertz CT molecular complexity index is 2200. The van der Waals surface area contributed by atoms with Gasteiger partial charge in [0.05, 0.1) is 41.4 Å². The smallest absolute Gasteiger partial charge is 0.245 e. The van der Waals surface area contributed by atoms with Crippen molar-refractivity contribution in [2.45, 2.75) is 115 Å². The second-order valence-corrected chi connectivity index (χ2v) is 17.3. The average molecular weight is 840 g/mol. The molecule has 17 heteroatoms. The Kier molecular flexibility index (Phi) is 13.7. The first-order valence-corrected chi connectivity index (χ1v) is 21.1. The molecular formula is C42H57F3N9O4P. The van der Waals surface area contributed by atoms with E-state index in [0.29, 0.717) is 58.4 Å². The highest BCUT2D eigenvalue weighted by molar-refractivity contribution is 7.17. The first kappa shape index (κ1) is 44.0. The van der Waals surface area contributed by atoms with E-state index >= 15 is 4.39 Å². The second kappa shape index (κ2) is 18.4. The number of hydrogen-bond acceptors (Lipinski definition) is 7. The number of benzene rings is 2. The number of imidazole rings is 1. The Labute approximate surface area is 345 Å². The topological polar surface area (TPSA) is 156 Å². The summed E-state index contributed by atoms with van der Waals surface area (Å²) in [6.45, 7) is 9.52. The van der Waals surface area contributed by atoms with Gasteiger partial charge in [-0.1, -0.05) is 20.8 Å². The van der Waals surface area contributed by atoms with Crippen molar-refractivity contribution in [2.75, 3.05) is 27.2 Å². The van der Waals surface area contributed by atoms with Crippen molar-refractivity contribution in [3.05, 3.63) is 53.6 Å². The molecule has 9 unspecified atom stereocenters. The predicted molar refractivity (Wildman–Crippen MR) is 225 cm³/mol. The average Bonchev–Trinajstić information content (AvgIpc) is 3.96. The van der Waals surface area contributed by atoms with Crippen molar-refractivity contribution in [2.24, 2.45) is 5.92 Å². The van der Waals surface area contributed by atoms with Crippen LogP contribution < -0.4 is 21.3 Å². The summed E-state index contributed by atoms with van der Waals surface area (Å²) in [5.74, 6) is -2.00. The third-order valence-electron chi connectivity index (χ3n) is 11.9. The van der Waals surface area contributed by atoms with Gasteiger partial charge in [-0.25, -0.2) is 18.2 Å². The molecule has 0 bridgehead atoms. The molecule has 2 aromatic heterocycles. The molecule has 2 aromatic carbocycles. The molecular weight excluding hydrogens is 782 g/mol. The lowest BCUT2D eigenvalue weighted by atomic mass is 9.99. The molecule has 0 spiro atoms. The van der Waals surface area contributed by atoms with Crippen LogP contribution in [0.3, 0.4) is 0 Å². The van der Waals surface area contributed by atoms with Crippen LogP contribution in [0.5, 0.6) is 0 Å². The van der Waals surface area contributed by atoms with Crippen molar-refractivity contribution in [3.8, 4) is 11.5 Å². The lowest BCUT2D eigenvalue weighted by Crippen LogP contribution is -2.55. The molecule has 320 valence electrons. The van der Waals surface area contributed by atoms with Gasteiger partial charge in [0.15, 0.2) is 5.82 Å².